The molecule has 0 aromatic heterocycles. The molecule has 1 amide bonds. The SMILES string of the molecule is Cc1cc(C(=O)N(CCO)C2CC2)ccc1F. The van der Waals surface area contributed by atoms with Gasteiger partial charge in [0.1, 0.15) is 5.82 Å². The Hall–Kier alpha value is -1.42. The van der Waals surface area contributed by atoms with Crippen LogP contribution in [0.2, 0.25) is 0 Å². The molecule has 1 aromatic carbocycles. The number of rotatable bonds is 4. The summed E-state index contributed by atoms with van der Waals surface area (Å²) in [6, 6.07) is 4.62. The Morgan fingerprint density at radius 3 is 2.76 bits per heavy atom. The number of amides is 1. The van der Waals surface area contributed by atoms with E-state index in [9.17, 15) is 9.18 Å². The van der Waals surface area contributed by atoms with E-state index in [1.165, 1.54) is 12.1 Å². The number of halogens is 1. The third kappa shape index (κ3) is 2.64. The average molecular weight is 237 g/mol. The quantitative estimate of drug-likeness (QED) is 0.866. The normalized spacial score (nSPS) is 14.8. The first-order valence-electron chi connectivity index (χ1n) is 5.81. The highest BCUT2D eigenvalue weighted by Crippen LogP contribution is 2.28. The van der Waals surface area contributed by atoms with E-state index in [2.05, 4.69) is 0 Å². The summed E-state index contributed by atoms with van der Waals surface area (Å²) >= 11 is 0. The van der Waals surface area contributed by atoms with Crippen molar-refractivity contribution in [1.82, 2.24) is 4.90 Å². The smallest absolute Gasteiger partial charge is 0.254 e. The molecule has 1 fully saturated rings. The van der Waals surface area contributed by atoms with Gasteiger partial charge in [0.05, 0.1) is 6.61 Å². The monoisotopic (exact) mass is 237 g/mol. The fourth-order valence-electron chi connectivity index (χ4n) is 1.89. The lowest BCUT2D eigenvalue weighted by Crippen LogP contribution is -2.35. The molecule has 17 heavy (non-hydrogen) atoms. The molecule has 3 nitrogen and oxygen atoms in total. The molecule has 2 rings (SSSR count). The van der Waals surface area contributed by atoms with Gasteiger partial charge in [-0.2, -0.15) is 0 Å². The number of carbonyl (C=O) groups is 1. The molecular weight excluding hydrogens is 221 g/mol. The molecule has 1 aromatic rings. The molecular formula is C13H16FNO2. The van der Waals surface area contributed by atoms with Crippen molar-refractivity contribution in [3.05, 3.63) is 35.1 Å². The van der Waals surface area contributed by atoms with Gasteiger partial charge in [-0.3, -0.25) is 4.79 Å². The number of nitrogens with zero attached hydrogens (tertiary/aromatic N) is 1. The molecule has 4 heteroatoms. The Kier molecular flexibility index (Phi) is 3.43. The van der Waals surface area contributed by atoms with Gasteiger partial charge in [0.25, 0.3) is 5.91 Å². The molecule has 0 heterocycles. The van der Waals surface area contributed by atoms with Crippen molar-refractivity contribution < 1.29 is 14.3 Å². The van der Waals surface area contributed by atoms with Gasteiger partial charge in [-0.15, -0.1) is 0 Å². The van der Waals surface area contributed by atoms with E-state index in [0.717, 1.165) is 12.8 Å². The second-order valence-electron chi connectivity index (χ2n) is 4.42. The van der Waals surface area contributed by atoms with Crippen molar-refractivity contribution in [3.8, 4) is 0 Å². The minimum Gasteiger partial charge on any atom is -0.395 e. The molecule has 1 saturated carbocycles. The van der Waals surface area contributed by atoms with Crippen LogP contribution in [0.25, 0.3) is 0 Å². The molecule has 0 saturated heterocycles. The van der Waals surface area contributed by atoms with Crippen LogP contribution >= 0.6 is 0 Å². The van der Waals surface area contributed by atoms with E-state index in [1.54, 1.807) is 17.9 Å². The van der Waals surface area contributed by atoms with Crippen molar-refractivity contribution in [2.75, 3.05) is 13.2 Å². The summed E-state index contributed by atoms with van der Waals surface area (Å²) in [6.45, 7) is 1.95. The van der Waals surface area contributed by atoms with Crippen LogP contribution in [0.15, 0.2) is 18.2 Å². The predicted molar refractivity (Wildman–Crippen MR) is 62.3 cm³/mol. The first-order chi connectivity index (χ1) is 8.13. The third-order valence-electron chi connectivity index (χ3n) is 2.99. The minimum atomic E-state index is -0.304. The number of aryl methyl sites for hydroxylation is 1. The van der Waals surface area contributed by atoms with Gasteiger partial charge in [0.2, 0.25) is 0 Å². The van der Waals surface area contributed by atoms with E-state index in [1.807, 2.05) is 0 Å². The van der Waals surface area contributed by atoms with Gasteiger partial charge >= 0.3 is 0 Å². The molecule has 1 aliphatic carbocycles. The summed E-state index contributed by atoms with van der Waals surface area (Å²) in [5.41, 5.74) is 0.958. The van der Waals surface area contributed by atoms with Crippen LogP contribution in [-0.4, -0.2) is 35.1 Å². The van der Waals surface area contributed by atoms with Crippen LogP contribution in [0.5, 0.6) is 0 Å². The molecule has 0 radical (unpaired) electrons. The fourth-order valence-corrected chi connectivity index (χ4v) is 1.89. The Morgan fingerprint density at radius 2 is 2.24 bits per heavy atom. The highest BCUT2D eigenvalue weighted by molar-refractivity contribution is 5.94. The topological polar surface area (TPSA) is 40.5 Å². The van der Waals surface area contributed by atoms with Crippen molar-refractivity contribution in [2.24, 2.45) is 0 Å². The maximum Gasteiger partial charge on any atom is 0.254 e. The Balaban J connectivity index is 2.19. The zero-order valence-electron chi connectivity index (χ0n) is 9.82. The van der Waals surface area contributed by atoms with Crippen LogP contribution < -0.4 is 0 Å². The lowest BCUT2D eigenvalue weighted by molar-refractivity contribution is 0.0707. The first kappa shape index (κ1) is 12.0. The van der Waals surface area contributed by atoms with E-state index in [0.29, 0.717) is 17.7 Å². The molecule has 1 aliphatic rings. The molecule has 92 valence electrons. The van der Waals surface area contributed by atoms with Crippen LogP contribution in [0.4, 0.5) is 4.39 Å². The summed E-state index contributed by atoms with van der Waals surface area (Å²) in [7, 11) is 0. The number of hydrogen-bond donors (Lipinski definition) is 1. The zero-order valence-corrected chi connectivity index (χ0v) is 9.82. The molecule has 0 atom stereocenters. The lowest BCUT2D eigenvalue weighted by atomic mass is 10.1. The van der Waals surface area contributed by atoms with E-state index >= 15 is 0 Å². The van der Waals surface area contributed by atoms with Crippen molar-refractivity contribution in [1.29, 1.82) is 0 Å². The maximum atomic E-state index is 13.1. The second-order valence-corrected chi connectivity index (χ2v) is 4.42. The summed E-state index contributed by atoms with van der Waals surface area (Å²) in [6.07, 6.45) is 1.98. The number of aliphatic hydroxyl groups excluding tert-OH is 1. The van der Waals surface area contributed by atoms with E-state index in [-0.39, 0.29) is 24.4 Å². The van der Waals surface area contributed by atoms with Crippen molar-refractivity contribution in [2.45, 2.75) is 25.8 Å². The van der Waals surface area contributed by atoms with Gasteiger partial charge in [-0.25, -0.2) is 4.39 Å². The maximum absolute atomic E-state index is 13.1. The largest absolute Gasteiger partial charge is 0.395 e. The van der Waals surface area contributed by atoms with Crippen molar-refractivity contribution in [3.63, 3.8) is 0 Å². The van der Waals surface area contributed by atoms with Gasteiger partial charge in [-0.05, 0) is 43.5 Å². The molecule has 0 spiro atoms. The Morgan fingerprint density at radius 1 is 1.53 bits per heavy atom. The Bertz CT molecular complexity index is 429. The third-order valence-corrected chi connectivity index (χ3v) is 2.99. The number of carbonyl (C=O) groups excluding carboxylic acids is 1. The summed E-state index contributed by atoms with van der Waals surface area (Å²) in [5.74, 6) is -0.425. The number of aliphatic hydroxyl groups is 1. The second kappa shape index (κ2) is 4.84. The van der Waals surface area contributed by atoms with Crippen LogP contribution in [-0.2, 0) is 0 Å². The molecule has 0 aliphatic heterocycles. The average Bonchev–Trinajstić information content (AvgIpc) is 3.13. The molecule has 0 bridgehead atoms. The van der Waals surface area contributed by atoms with Crippen LogP contribution in [0, 0.1) is 12.7 Å². The summed E-state index contributed by atoms with van der Waals surface area (Å²) in [5, 5.41) is 8.95. The summed E-state index contributed by atoms with van der Waals surface area (Å²) in [4.78, 5) is 13.8. The van der Waals surface area contributed by atoms with Crippen LogP contribution in [0.3, 0.4) is 0 Å². The van der Waals surface area contributed by atoms with Gasteiger partial charge in [0, 0.05) is 18.2 Å². The zero-order chi connectivity index (χ0) is 12.4. The van der Waals surface area contributed by atoms with E-state index < -0.39 is 0 Å². The summed E-state index contributed by atoms with van der Waals surface area (Å²) < 4.78 is 13.1. The van der Waals surface area contributed by atoms with E-state index in [4.69, 9.17) is 5.11 Å². The molecule has 1 N–H and O–H groups in total. The standard InChI is InChI=1S/C13H16FNO2/c1-9-8-10(2-5-12(9)14)13(17)15(6-7-16)11-3-4-11/h2,5,8,11,16H,3-4,6-7H2,1H3. The number of benzene rings is 1. The lowest BCUT2D eigenvalue weighted by Gasteiger charge is -2.21. The fraction of sp³-hybridized carbons (Fsp3) is 0.462. The number of hydrogen-bond acceptors (Lipinski definition) is 2. The van der Waals surface area contributed by atoms with Gasteiger partial charge < -0.3 is 10.0 Å². The highest BCUT2D eigenvalue weighted by Gasteiger charge is 2.32. The highest BCUT2D eigenvalue weighted by atomic mass is 19.1. The van der Waals surface area contributed by atoms with Crippen molar-refractivity contribution >= 4 is 5.91 Å². The van der Waals surface area contributed by atoms with Gasteiger partial charge in [-0.1, -0.05) is 0 Å². The van der Waals surface area contributed by atoms with Crippen LogP contribution in [0.1, 0.15) is 28.8 Å². The minimum absolute atomic E-state index is 0.0393. The Labute approximate surface area is 99.9 Å². The predicted octanol–water partition coefficient (Wildman–Crippen LogP) is 1.73. The molecule has 0 unspecified atom stereocenters. The first-order valence-corrected chi connectivity index (χ1v) is 5.81. The van der Waals surface area contributed by atoms with Gasteiger partial charge in [0.15, 0.2) is 0 Å².